The smallest absolute Gasteiger partial charge is 0.308 e. The topological polar surface area (TPSA) is 86.7 Å². The highest BCUT2D eigenvalue weighted by Crippen LogP contribution is 2.23. The monoisotopic (exact) mass is 318 g/mol. The molecule has 0 bridgehead atoms. The first-order valence-corrected chi connectivity index (χ1v) is 7.78. The summed E-state index contributed by atoms with van der Waals surface area (Å²) < 4.78 is 0. The molecule has 1 heterocycles. The zero-order valence-electron chi connectivity index (χ0n) is 13.2. The molecule has 0 aliphatic carbocycles. The first-order valence-electron chi connectivity index (χ1n) is 7.78. The molecule has 2 rings (SSSR count). The number of carbonyl (C=O) groups excluding carboxylic acids is 2. The minimum Gasteiger partial charge on any atom is -0.481 e. The van der Waals surface area contributed by atoms with Crippen LogP contribution in [0.4, 0.5) is 0 Å². The minimum atomic E-state index is -0.857. The molecule has 2 atom stereocenters. The lowest BCUT2D eigenvalue weighted by atomic mass is 9.99. The summed E-state index contributed by atoms with van der Waals surface area (Å²) in [5.41, 5.74) is 0.925. The molecule has 124 valence electrons. The van der Waals surface area contributed by atoms with Crippen LogP contribution in [0.25, 0.3) is 0 Å². The van der Waals surface area contributed by atoms with Crippen LogP contribution in [0.5, 0.6) is 0 Å². The number of carboxylic acid groups (broad SMARTS) is 1. The van der Waals surface area contributed by atoms with Crippen molar-refractivity contribution in [2.45, 2.75) is 19.8 Å². The summed E-state index contributed by atoms with van der Waals surface area (Å²) in [5.74, 6) is -1.62. The second kappa shape index (κ2) is 7.76. The number of carbonyl (C=O) groups is 3. The van der Waals surface area contributed by atoms with E-state index in [0.717, 1.165) is 5.56 Å². The summed E-state index contributed by atoms with van der Waals surface area (Å²) in [6.45, 7) is 2.84. The van der Waals surface area contributed by atoms with Gasteiger partial charge in [0.2, 0.25) is 11.8 Å². The minimum absolute atomic E-state index is 0.0379. The molecule has 0 radical (unpaired) electrons. The van der Waals surface area contributed by atoms with Crippen molar-refractivity contribution in [3.8, 4) is 0 Å². The number of hydrogen-bond acceptors (Lipinski definition) is 3. The summed E-state index contributed by atoms with van der Waals surface area (Å²) in [7, 11) is 0. The second-order valence-electron chi connectivity index (χ2n) is 5.98. The molecular weight excluding hydrogens is 296 g/mol. The molecule has 1 saturated heterocycles. The molecule has 6 nitrogen and oxygen atoms in total. The van der Waals surface area contributed by atoms with Crippen LogP contribution in [0.2, 0.25) is 0 Å². The Morgan fingerprint density at radius 3 is 2.52 bits per heavy atom. The number of hydrogen-bond donors (Lipinski definition) is 2. The SMILES string of the molecule is C[C@@H]1CN(C(=O)CCNC(=O)Cc2ccccc2)C[C@H]1C(=O)O. The fourth-order valence-corrected chi connectivity index (χ4v) is 2.80. The van der Waals surface area contributed by atoms with Crippen molar-refractivity contribution in [1.29, 1.82) is 0 Å². The van der Waals surface area contributed by atoms with Crippen molar-refractivity contribution < 1.29 is 19.5 Å². The number of amides is 2. The van der Waals surface area contributed by atoms with Gasteiger partial charge in [0.05, 0.1) is 12.3 Å². The van der Waals surface area contributed by atoms with Gasteiger partial charge in [-0.15, -0.1) is 0 Å². The van der Waals surface area contributed by atoms with E-state index in [9.17, 15) is 14.4 Å². The molecule has 0 spiro atoms. The Kier molecular flexibility index (Phi) is 5.73. The van der Waals surface area contributed by atoms with Crippen molar-refractivity contribution in [1.82, 2.24) is 10.2 Å². The number of likely N-dealkylation sites (tertiary alicyclic amines) is 1. The van der Waals surface area contributed by atoms with Crippen molar-refractivity contribution >= 4 is 17.8 Å². The highest BCUT2D eigenvalue weighted by molar-refractivity contribution is 5.81. The molecule has 1 aromatic rings. The molecule has 2 amide bonds. The lowest BCUT2D eigenvalue weighted by molar-refractivity contribution is -0.142. The van der Waals surface area contributed by atoms with Gasteiger partial charge in [-0.2, -0.15) is 0 Å². The van der Waals surface area contributed by atoms with Crippen LogP contribution >= 0.6 is 0 Å². The summed E-state index contributed by atoms with van der Waals surface area (Å²) in [4.78, 5) is 36.5. The first-order chi connectivity index (χ1) is 11.0. The molecule has 6 heteroatoms. The van der Waals surface area contributed by atoms with Crippen molar-refractivity contribution in [2.75, 3.05) is 19.6 Å². The van der Waals surface area contributed by atoms with Gasteiger partial charge < -0.3 is 15.3 Å². The van der Waals surface area contributed by atoms with Crippen LogP contribution in [-0.4, -0.2) is 47.4 Å². The van der Waals surface area contributed by atoms with Gasteiger partial charge >= 0.3 is 5.97 Å². The van der Waals surface area contributed by atoms with Crippen LogP contribution in [0.1, 0.15) is 18.9 Å². The largest absolute Gasteiger partial charge is 0.481 e. The third-order valence-electron chi connectivity index (χ3n) is 4.15. The van der Waals surface area contributed by atoms with Gasteiger partial charge in [-0.1, -0.05) is 37.3 Å². The maximum atomic E-state index is 12.1. The van der Waals surface area contributed by atoms with E-state index in [1.54, 1.807) is 4.90 Å². The van der Waals surface area contributed by atoms with Crippen LogP contribution in [0, 0.1) is 11.8 Å². The molecule has 0 unspecified atom stereocenters. The number of nitrogens with zero attached hydrogens (tertiary/aromatic N) is 1. The highest BCUT2D eigenvalue weighted by Gasteiger charge is 2.36. The fourth-order valence-electron chi connectivity index (χ4n) is 2.80. The van der Waals surface area contributed by atoms with E-state index in [1.807, 2.05) is 37.3 Å². The third kappa shape index (κ3) is 4.81. The van der Waals surface area contributed by atoms with Gasteiger partial charge in [-0.3, -0.25) is 14.4 Å². The molecule has 0 saturated carbocycles. The van der Waals surface area contributed by atoms with E-state index >= 15 is 0 Å². The van der Waals surface area contributed by atoms with E-state index in [4.69, 9.17) is 5.11 Å². The Bertz CT molecular complexity index is 573. The number of carboxylic acids is 1. The van der Waals surface area contributed by atoms with E-state index in [0.29, 0.717) is 6.54 Å². The summed E-state index contributed by atoms with van der Waals surface area (Å²) in [6.07, 6.45) is 0.483. The van der Waals surface area contributed by atoms with Crippen LogP contribution in [0.15, 0.2) is 30.3 Å². The quantitative estimate of drug-likeness (QED) is 0.816. The molecule has 1 aliphatic heterocycles. The van der Waals surface area contributed by atoms with Crippen LogP contribution in [-0.2, 0) is 20.8 Å². The average Bonchev–Trinajstić information content (AvgIpc) is 2.90. The first kappa shape index (κ1) is 17.0. The molecular formula is C17H22N2O4. The number of rotatable bonds is 6. The number of benzene rings is 1. The standard InChI is InChI=1S/C17H22N2O4/c1-12-10-19(11-14(12)17(22)23)16(21)7-8-18-15(20)9-13-5-3-2-4-6-13/h2-6,12,14H,7-11H2,1H3,(H,18,20)(H,22,23)/t12-,14-/m1/s1. The summed E-state index contributed by atoms with van der Waals surface area (Å²) in [6, 6.07) is 9.39. The normalized spacial score (nSPS) is 20.3. The van der Waals surface area contributed by atoms with Gasteiger partial charge in [0, 0.05) is 26.1 Å². The predicted octanol–water partition coefficient (Wildman–Crippen LogP) is 0.914. The molecule has 1 fully saturated rings. The average molecular weight is 318 g/mol. The maximum absolute atomic E-state index is 12.1. The fraction of sp³-hybridized carbons (Fsp3) is 0.471. The third-order valence-corrected chi connectivity index (χ3v) is 4.15. The Labute approximate surface area is 135 Å². The van der Waals surface area contributed by atoms with E-state index in [1.165, 1.54) is 0 Å². The van der Waals surface area contributed by atoms with Gasteiger partial charge in [0.25, 0.3) is 0 Å². The number of aliphatic carboxylic acids is 1. The maximum Gasteiger partial charge on any atom is 0.308 e. The van der Waals surface area contributed by atoms with Crippen molar-refractivity contribution in [2.24, 2.45) is 11.8 Å². The molecule has 23 heavy (non-hydrogen) atoms. The van der Waals surface area contributed by atoms with Crippen LogP contribution in [0.3, 0.4) is 0 Å². The van der Waals surface area contributed by atoms with Gasteiger partial charge in [-0.05, 0) is 11.5 Å². The van der Waals surface area contributed by atoms with E-state index in [-0.39, 0.29) is 43.7 Å². The molecule has 0 aromatic heterocycles. The van der Waals surface area contributed by atoms with Gasteiger partial charge in [0.15, 0.2) is 0 Å². The number of nitrogens with one attached hydrogen (secondary N) is 1. The Morgan fingerprint density at radius 1 is 1.22 bits per heavy atom. The zero-order chi connectivity index (χ0) is 16.8. The van der Waals surface area contributed by atoms with Crippen molar-refractivity contribution in [3.63, 3.8) is 0 Å². The summed E-state index contributed by atoms with van der Waals surface area (Å²) in [5, 5.41) is 11.8. The lowest BCUT2D eigenvalue weighted by Crippen LogP contribution is -2.34. The molecule has 1 aromatic carbocycles. The van der Waals surface area contributed by atoms with Gasteiger partial charge in [0.1, 0.15) is 0 Å². The van der Waals surface area contributed by atoms with Crippen molar-refractivity contribution in [3.05, 3.63) is 35.9 Å². The van der Waals surface area contributed by atoms with E-state index < -0.39 is 11.9 Å². The second-order valence-corrected chi connectivity index (χ2v) is 5.98. The Balaban J connectivity index is 1.71. The predicted molar refractivity (Wildman–Crippen MR) is 84.6 cm³/mol. The van der Waals surface area contributed by atoms with Crippen LogP contribution < -0.4 is 5.32 Å². The zero-order valence-corrected chi connectivity index (χ0v) is 13.2. The lowest BCUT2D eigenvalue weighted by Gasteiger charge is -2.16. The Hall–Kier alpha value is -2.37. The van der Waals surface area contributed by atoms with Gasteiger partial charge in [-0.25, -0.2) is 0 Å². The Morgan fingerprint density at radius 2 is 1.91 bits per heavy atom. The highest BCUT2D eigenvalue weighted by atomic mass is 16.4. The molecule has 1 aliphatic rings. The van der Waals surface area contributed by atoms with E-state index in [2.05, 4.69) is 5.32 Å². The summed E-state index contributed by atoms with van der Waals surface area (Å²) >= 11 is 0. The molecule has 2 N–H and O–H groups in total.